The van der Waals surface area contributed by atoms with Crippen LogP contribution >= 0.6 is 11.6 Å². The van der Waals surface area contributed by atoms with Crippen molar-refractivity contribution in [3.8, 4) is 0 Å². The van der Waals surface area contributed by atoms with E-state index in [4.69, 9.17) is 11.6 Å². The molecule has 2 aromatic rings. The maximum atomic E-state index is 12.2. The van der Waals surface area contributed by atoms with Crippen LogP contribution in [0.1, 0.15) is 17.5 Å². The van der Waals surface area contributed by atoms with E-state index >= 15 is 0 Å². The zero-order valence-corrected chi connectivity index (χ0v) is 14.3. The van der Waals surface area contributed by atoms with Crippen LogP contribution in [0.15, 0.2) is 53.4 Å². The van der Waals surface area contributed by atoms with Crippen LogP contribution in [0.5, 0.6) is 0 Å². The van der Waals surface area contributed by atoms with Crippen LogP contribution in [0.3, 0.4) is 0 Å². The summed E-state index contributed by atoms with van der Waals surface area (Å²) in [4.78, 5) is 12.1. The topological polar surface area (TPSA) is 63.2 Å². The second kappa shape index (κ2) is 7.62. The van der Waals surface area contributed by atoms with Gasteiger partial charge in [0.15, 0.2) is 9.84 Å². The first-order chi connectivity index (χ1) is 10.9. The molecule has 2 rings (SSSR count). The lowest BCUT2D eigenvalue weighted by Gasteiger charge is -2.07. The van der Waals surface area contributed by atoms with Crippen molar-refractivity contribution in [1.82, 2.24) is 5.32 Å². The first kappa shape index (κ1) is 17.5. The Bertz CT molecular complexity index is 786. The molecule has 122 valence electrons. The van der Waals surface area contributed by atoms with E-state index in [1.807, 2.05) is 13.0 Å². The van der Waals surface area contributed by atoms with Gasteiger partial charge in [0.2, 0.25) is 5.91 Å². The van der Waals surface area contributed by atoms with Gasteiger partial charge in [-0.3, -0.25) is 4.79 Å². The van der Waals surface area contributed by atoms with Crippen LogP contribution in [0, 0.1) is 6.92 Å². The van der Waals surface area contributed by atoms with Crippen LogP contribution in [0.4, 0.5) is 0 Å². The summed E-state index contributed by atoms with van der Waals surface area (Å²) in [5.41, 5.74) is 1.86. The first-order valence-electron chi connectivity index (χ1n) is 7.17. The summed E-state index contributed by atoms with van der Waals surface area (Å²) in [6.45, 7) is 2.21. The average Bonchev–Trinajstić information content (AvgIpc) is 2.51. The minimum atomic E-state index is -3.44. The lowest BCUT2D eigenvalue weighted by atomic mass is 10.2. The predicted molar refractivity (Wildman–Crippen MR) is 91.1 cm³/mol. The molecular formula is C17H18ClNO3S. The smallest absolute Gasteiger partial charge is 0.221 e. The molecule has 1 N–H and O–H groups in total. The van der Waals surface area contributed by atoms with Gasteiger partial charge in [-0.25, -0.2) is 8.42 Å². The van der Waals surface area contributed by atoms with Crippen molar-refractivity contribution in [2.45, 2.75) is 24.8 Å². The Kier molecular flexibility index (Phi) is 5.80. The zero-order chi connectivity index (χ0) is 16.9. The molecule has 6 heteroatoms. The Morgan fingerprint density at radius 3 is 2.48 bits per heavy atom. The van der Waals surface area contributed by atoms with E-state index in [1.54, 1.807) is 42.5 Å². The fraction of sp³-hybridized carbons (Fsp3) is 0.235. The largest absolute Gasteiger partial charge is 0.352 e. The Labute approximate surface area is 141 Å². The van der Waals surface area contributed by atoms with Gasteiger partial charge in [0.1, 0.15) is 0 Å². The maximum absolute atomic E-state index is 12.2. The molecule has 23 heavy (non-hydrogen) atoms. The molecule has 0 unspecified atom stereocenters. The van der Waals surface area contributed by atoms with Crippen molar-refractivity contribution in [3.63, 3.8) is 0 Å². The standard InChI is InChI=1S/C17H18ClNO3S/c1-13-5-7-16(8-6-13)23(21,22)10-9-17(20)19-12-14-3-2-4-15(18)11-14/h2-8,11H,9-10,12H2,1H3,(H,19,20). The molecule has 0 spiro atoms. The monoisotopic (exact) mass is 351 g/mol. The number of rotatable bonds is 6. The number of halogens is 1. The van der Waals surface area contributed by atoms with Gasteiger partial charge in [0.25, 0.3) is 0 Å². The third kappa shape index (κ3) is 5.37. The Morgan fingerprint density at radius 2 is 1.83 bits per heavy atom. The molecule has 0 fully saturated rings. The van der Waals surface area contributed by atoms with E-state index < -0.39 is 9.84 Å². The number of carbonyl (C=O) groups excluding carboxylic acids is 1. The number of benzene rings is 2. The highest BCUT2D eigenvalue weighted by molar-refractivity contribution is 7.91. The summed E-state index contributed by atoms with van der Waals surface area (Å²) in [5, 5.41) is 3.29. The van der Waals surface area contributed by atoms with Crippen molar-refractivity contribution < 1.29 is 13.2 Å². The van der Waals surface area contributed by atoms with Crippen molar-refractivity contribution in [1.29, 1.82) is 0 Å². The molecule has 0 aliphatic heterocycles. The molecular weight excluding hydrogens is 334 g/mol. The van der Waals surface area contributed by atoms with Crippen molar-refractivity contribution in [2.24, 2.45) is 0 Å². The summed E-state index contributed by atoms with van der Waals surface area (Å²) >= 11 is 5.87. The molecule has 0 radical (unpaired) electrons. The second-order valence-corrected chi connectivity index (χ2v) is 7.83. The number of nitrogens with one attached hydrogen (secondary N) is 1. The highest BCUT2D eigenvalue weighted by Gasteiger charge is 2.16. The van der Waals surface area contributed by atoms with E-state index in [0.717, 1.165) is 11.1 Å². The SMILES string of the molecule is Cc1ccc(S(=O)(=O)CCC(=O)NCc2cccc(Cl)c2)cc1. The molecule has 0 atom stereocenters. The molecule has 0 saturated carbocycles. The quantitative estimate of drug-likeness (QED) is 0.869. The Balaban J connectivity index is 1.87. The highest BCUT2D eigenvalue weighted by Crippen LogP contribution is 2.13. The number of hydrogen-bond acceptors (Lipinski definition) is 3. The normalized spacial score (nSPS) is 11.2. The van der Waals surface area contributed by atoms with Gasteiger partial charge >= 0.3 is 0 Å². The van der Waals surface area contributed by atoms with Gasteiger partial charge in [-0.15, -0.1) is 0 Å². The van der Waals surface area contributed by atoms with Crippen molar-refractivity contribution in [2.75, 3.05) is 5.75 Å². The molecule has 0 aliphatic rings. The van der Waals surface area contributed by atoms with E-state index in [0.29, 0.717) is 11.6 Å². The van der Waals surface area contributed by atoms with E-state index in [1.165, 1.54) is 0 Å². The summed E-state index contributed by atoms with van der Waals surface area (Å²) in [5.74, 6) is -0.516. The Hall–Kier alpha value is -1.85. The van der Waals surface area contributed by atoms with Gasteiger partial charge in [-0.2, -0.15) is 0 Å². The van der Waals surface area contributed by atoms with E-state index in [2.05, 4.69) is 5.32 Å². The molecule has 0 bridgehead atoms. The number of amides is 1. The fourth-order valence-corrected chi connectivity index (χ4v) is 3.48. The van der Waals surface area contributed by atoms with Gasteiger partial charge in [-0.05, 0) is 36.8 Å². The zero-order valence-electron chi connectivity index (χ0n) is 12.8. The third-order valence-corrected chi connectivity index (χ3v) is 5.32. The highest BCUT2D eigenvalue weighted by atomic mass is 35.5. The number of hydrogen-bond donors (Lipinski definition) is 1. The van der Waals surface area contributed by atoms with Crippen LogP contribution in [-0.4, -0.2) is 20.1 Å². The number of aryl methyl sites for hydroxylation is 1. The van der Waals surface area contributed by atoms with Gasteiger partial charge in [-0.1, -0.05) is 41.4 Å². The fourth-order valence-electron chi connectivity index (χ4n) is 2.03. The van der Waals surface area contributed by atoms with Gasteiger partial charge < -0.3 is 5.32 Å². The van der Waals surface area contributed by atoms with E-state index in [-0.39, 0.29) is 23.0 Å². The van der Waals surface area contributed by atoms with Crippen molar-refractivity contribution in [3.05, 3.63) is 64.7 Å². The molecule has 1 amide bonds. The summed E-state index contributed by atoms with van der Waals surface area (Å²) < 4.78 is 24.3. The second-order valence-electron chi connectivity index (χ2n) is 5.29. The minimum Gasteiger partial charge on any atom is -0.352 e. The molecule has 0 heterocycles. The van der Waals surface area contributed by atoms with Crippen LogP contribution < -0.4 is 5.32 Å². The molecule has 0 saturated heterocycles. The Morgan fingerprint density at radius 1 is 1.13 bits per heavy atom. The lowest BCUT2D eigenvalue weighted by Crippen LogP contribution is -2.25. The van der Waals surface area contributed by atoms with Gasteiger partial charge in [0, 0.05) is 18.0 Å². The van der Waals surface area contributed by atoms with Crippen LogP contribution in [-0.2, 0) is 21.2 Å². The average molecular weight is 352 g/mol. The number of carbonyl (C=O) groups is 1. The van der Waals surface area contributed by atoms with E-state index in [9.17, 15) is 13.2 Å². The predicted octanol–water partition coefficient (Wildman–Crippen LogP) is 3.13. The molecule has 2 aromatic carbocycles. The van der Waals surface area contributed by atoms with Crippen molar-refractivity contribution >= 4 is 27.3 Å². The lowest BCUT2D eigenvalue weighted by molar-refractivity contribution is -0.120. The van der Waals surface area contributed by atoms with Crippen LogP contribution in [0.2, 0.25) is 5.02 Å². The molecule has 0 aromatic heterocycles. The summed E-state index contributed by atoms with van der Waals surface area (Å²) in [6.07, 6.45) is -0.0726. The third-order valence-electron chi connectivity index (χ3n) is 3.36. The van der Waals surface area contributed by atoms with Gasteiger partial charge in [0.05, 0.1) is 10.6 Å². The first-order valence-corrected chi connectivity index (χ1v) is 9.20. The number of sulfone groups is 1. The maximum Gasteiger partial charge on any atom is 0.221 e. The van der Waals surface area contributed by atoms with Crippen LogP contribution in [0.25, 0.3) is 0 Å². The summed E-state index contributed by atoms with van der Waals surface area (Å²) in [6, 6.07) is 13.8. The minimum absolute atomic E-state index is 0.0726. The summed E-state index contributed by atoms with van der Waals surface area (Å²) in [7, 11) is -3.44. The molecule has 0 aliphatic carbocycles. The molecule has 4 nitrogen and oxygen atoms in total.